The average molecular weight is 429 g/mol. The van der Waals surface area contributed by atoms with E-state index in [4.69, 9.17) is 12.2 Å². The number of amides is 2. The molecule has 0 aliphatic rings. The van der Waals surface area contributed by atoms with Gasteiger partial charge >= 0.3 is 0 Å². The van der Waals surface area contributed by atoms with E-state index in [1.54, 1.807) is 24.3 Å². The highest BCUT2D eigenvalue weighted by molar-refractivity contribution is 7.80. The molecule has 0 bridgehead atoms. The van der Waals surface area contributed by atoms with Gasteiger partial charge in [-0.15, -0.1) is 0 Å². The average Bonchev–Trinajstić information content (AvgIpc) is 2.73. The molecule has 158 valence electrons. The van der Waals surface area contributed by atoms with E-state index < -0.39 is 10.8 Å². The number of carbonyl (C=O) groups excluding carboxylic acids is 2. The normalized spacial score (nSPS) is 10.2. The second-order valence-corrected chi connectivity index (χ2v) is 6.99. The van der Waals surface area contributed by atoms with Crippen LogP contribution in [0, 0.1) is 10.1 Å². The van der Waals surface area contributed by atoms with Crippen LogP contribution in [0.3, 0.4) is 0 Å². The highest BCUT2D eigenvalue weighted by atomic mass is 32.1. The molecule has 2 aromatic carbocycles. The summed E-state index contributed by atoms with van der Waals surface area (Å²) in [5, 5.41) is 16.2. The monoisotopic (exact) mass is 428 g/mol. The smallest absolute Gasteiger partial charge is 0.270 e. The second kappa shape index (κ2) is 11.0. The molecule has 0 saturated heterocycles. The van der Waals surface area contributed by atoms with Crippen LogP contribution in [0.1, 0.15) is 47.4 Å². The van der Waals surface area contributed by atoms with Gasteiger partial charge in [0.05, 0.1) is 4.92 Å². The van der Waals surface area contributed by atoms with Crippen molar-refractivity contribution in [3.8, 4) is 0 Å². The maximum atomic E-state index is 12.6. The van der Waals surface area contributed by atoms with Gasteiger partial charge in [0.2, 0.25) is 0 Å². The van der Waals surface area contributed by atoms with Crippen LogP contribution in [-0.2, 0) is 0 Å². The number of nitrogens with zero attached hydrogens (tertiary/aromatic N) is 2. The Labute approximate surface area is 180 Å². The summed E-state index contributed by atoms with van der Waals surface area (Å²) in [6.07, 6.45) is 1.79. The van der Waals surface area contributed by atoms with Crippen LogP contribution >= 0.6 is 12.2 Å². The first-order valence-corrected chi connectivity index (χ1v) is 10.0. The highest BCUT2D eigenvalue weighted by Gasteiger charge is 2.15. The van der Waals surface area contributed by atoms with Crippen LogP contribution in [0.2, 0.25) is 0 Å². The molecule has 30 heavy (non-hydrogen) atoms. The summed E-state index contributed by atoms with van der Waals surface area (Å²) >= 11 is 5.14. The largest absolute Gasteiger partial charge is 0.339 e. The number of nitrogens with one attached hydrogen (secondary N) is 2. The van der Waals surface area contributed by atoms with Crippen LogP contribution in [0.5, 0.6) is 0 Å². The summed E-state index contributed by atoms with van der Waals surface area (Å²) in [6.45, 7) is 5.48. The molecule has 9 heteroatoms. The molecule has 2 aromatic rings. The fourth-order valence-electron chi connectivity index (χ4n) is 2.83. The van der Waals surface area contributed by atoms with Crippen LogP contribution in [0.25, 0.3) is 0 Å². The van der Waals surface area contributed by atoms with Crippen molar-refractivity contribution >= 4 is 40.5 Å². The summed E-state index contributed by atoms with van der Waals surface area (Å²) < 4.78 is 0. The Kier molecular flexibility index (Phi) is 8.42. The Balaban J connectivity index is 1.99. The zero-order valence-corrected chi connectivity index (χ0v) is 17.7. The zero-order chi connectivity index (χ0) is 22.1. The van der Waals surface area contributed by atoms with E-state index in [-0.39, 0.29) is 22.3 Å². The third kappa shape index (κ3) is 6.35. The van der Waals surface area contributed by atoms with Crippen molar-refractivity contribution in [2.75, 3.05) is 18.4 Å². The van der Waals surface area contributed by atoms with E-state index in [2.05, 4.69) is 10.6 Å². The van der Waals surface area contributed by atoms with Crippen LogP contribution in [0.4, 0.5) is 11.4 Å². The van der Waals surface area contributed by atoms with Gasteiger partial charge in [-0.3, -0.25) is 25.0 Å². The van der Waals surface area contributed by atoms with Gasteiger partial charge in [-0.25, -0.2) is 0 Å². The van der Waals surface area contributed by atoms with Crippen molar-refractivity contribution in [1.82, 2.24) is 10.2 Å². The molecular formula is C21H24N4O4S. The van der Waals surface area contributed by atoms with Crippen molar-refractivity contribution in [2.24, 2.45) is 0 Å². The lowest BCUT2D eigenvalue weighted by Crippen LogP contribution is -2.34. The van der Waals surface area contributed by atoms with Crippen molar-refractivity contribution < 1.29 is 14.5 Å². The maximum absolute atomic E-state index is 12.6. The molecule has 0 spiro atoms. The minimum atomic E-state index is -0.571. The molecule has 0 aromatic heterocycles. The third-order valence-corrected chi connectivity index (χ3v) is 4.41. The standard InChI is InChI=1S/C21H24N4O4S/c1-3-12-24(13-4-2)20(27)15-8-10-17(11-9-15)22-21(30)23-19(26)16-6-5-7-18(14-16)25(28)29/h5-11,14H,3-4,12-13H2,1-2H3,(H2,22,23,26,30). The van der Waals surface area contributed by atoms with Gasteiger partial charge < -0.3 is 10.2 Å². The Morgan fingerprint density at radius 3 is 2.23 bits per heavy atom. The number of hydrogen-bond acceptors (Lipinski definition) is 5. The molecule has 0 radical (unpaired) electrons. The first-order chi connectivity index (χ1) is 14.3. The minimum absolute atomic E-state index is 0.0215. The predicted molar refractivity (Wildman–Crippen MR) is 120 cm³/mol. The molecule has 0 saturated carbocycles. The lowest BCUT2D eigenvalue weighted by atomic mass is 10.1. The second-order valence-electron chi connectivity index (χ2n) is 6.59. The van der Waals surface area contributed by atoms with Crippen molar-refractivity contribution in [3.63, 3.8) is 0 Å². The molecule has 0 heterocycles. The number of rotatable bonds is 8. The predicted octanol–water partition coefficient (Wildman–Crippen LogP) is 3.98. The van der Waals surface area contributed by atoms with Gasteiger partial charge in [-0.2, -0.15) is 0 Å². The molecule has 8 nitrogen and oxygen atoms in total. The zero-order valence-electron chi connectivity index (χ0n) is 16.9. The lowest BCUT2D eigenvalue weighted by Gasteiger charge is -2.21. The summed E-state index contributed by atoms with van der Waals surface area (Å²) in [6, 6.07) is 12.2. The van der Waals surface area contributed by atoms with Gasteiger partial charge in [0.15, 0.2) is 5.11 Å². The summed E-state index contributed by atoms with van der Waals surface area (Å²) in [5.41, 5.74) is 1.13. The molecule has 0 unspecified atom stereocenters. The molecule has 2 rings (SSSR count). The Morgan fingerprint density at radius 1 is 1.03 bits per heavy atom. The minimum Gasteiger partial charge on any atom is -0.339 e. The van der Waals surface area contributed by atoms with Crippen molar-refractivity contribution in [3.05, 3.63) is 69.8 Å². The van der Waals surface area contributed by atoms with E-state index in [1.807, 2.05) is 18.7 Å². The van der Waals surface area contributed by atoms with Gasteiger partial charge in [0.1, 0.15) is 0 Å². The number of benzene rings is 2. The van der Waals surface area contributed by atoms with Crippen molar-refractivity contribution in [1.29, 1.82) is 0 Å². The number of nitro groups is 1. The van der Waals surface area contributed by atoms with Gasteiger partial charge in [-0.1, -0.05) is 19.9 Å². The summed E-state index contributed by atoms with van der Waals surface area (Å²) in [7, 11) is 0. The number of hydrogen-bond donors (Lipinski definition) is 2. The number of nitro benzene ring substituents is 1. The van der Waals surface area contributed by atoms with E-state index in [9.17, 15) is 19.7 Å². The van der Waals surface area contributed by atoms with Gasteiger partial charge in [-0.05, 0) is 55.4 Å². The van der Waals surface area contributed by atoms with Gasteiger partial charge in [0, 0.05) is 42.0 Å². The number of non-ortho nitro benzene ring substituents is 1. The molecule has 2 amide bonds. The SMILES string of the molecule is CCCN(CCC)C(=O)c1ccc(NC(=S)NC(=O)c2cccc([N+](=O)[O-])c2)cc1. The van der Waals surface area contributed by atoms with Crippen LogP contribution in [-0.4, -0.2) is 39.8 Å². The van der Waals surface area contributed by atoms with E-state index >= 15 is 0 Å². The number of thiocarbonyl (C=S) groups is 1. The topological polar surface area (TPSA) is 105 Å². The van der Waals surface area contributed by atoms with E-state index in [1.165, 1.54) is 24.3 Å². The Morgan fingerprint density at radius 2 is 1.67 bits per heavy atom. The number of carbonyl (C=O) groups is 2. The van der Waals surface area contributed by atoms with E-state index in [0.29, 0.717) is 24.3 Å². The van der Waals surface area contributed by atoms with Crippen molar-refractivity contribution in [2.45, 2.75) is 26.7 Å². The van der Waals surface area contributed by atoms with Crippen LogP contribution < -0.4 is 10.6 Å². The highest BCUT2D eigenvalue weighted by Crippen LogP contribution is 2.14. The molecular weight excluding hydrogens is 404 g/mol. The lowest BCUT2D eigenvalue weighted by molar-refractivity contribution is -0.384. The quantitative estimate of drug-likeness (QED) is 0.374. The molecule has 2 N–H and O–H groups in total. The molecule has 0 fully saturated rings. The van der Waals surface area contributed by atoms with Gasteiger partial charge in [0.25, 0.3) is 17.5 Å². The summed E-state index contributed by atoms with van der Waals surface area (Å²) in [4.78, 5) is 37.0. The summed E-state index contributed by atoms with van der Waals surface area (Å²) in [5.74, 6) is -0.579. The van der Waals surface area contributed by atoms with E-state index in [0.717, 1.165) is 12.8 Å². The first-order valence-electron chi connectivity index (χ1n) is 9.61. The maximum Gasteiger partial charge on any atom is 0.270 e. The molecule has 0 aliphatic heterocycles. The molecule has 0 atom stereocenters. The Bertz CT molecular complexity index is 925. The Hall–Kier alpha value is -3.33. The fraction of sp³-hybridized carbons (Fsp3) is 0.286. The first kappa shape index (κ1) is 23.0. The fourth-order valence-corrected chi connectivity index (χ4v) is 3.04. The molecule has 0 aliphatic carbocycles. The number of anilines is 1. The van der Waals surface area contributed by atoms with Crippen LogP contribution in [0.15, 0.2) is 48.5 Å². The third-order valence-electron chi connectivity index (χ3n) is 4.21.